The van der Waals surface area contributed by atoms with Crippen molar-refractivity contribution in [2.24, 2.45) is 0 Å². The molecule has 2 amide bonds. The van der Waals surface area contributed by atoms with Gasteiger partial charge in [-0.1, -0.05) is 25.3 Å². The Labute approximate surface area is 151 Å². The van der Waals surface area contributed by atoms with Gasteiger partial charge in [-0.2, -0.15) is 0 Å². The Bertz CT molecular complexity index is 792. The van der Waals surface area contributed by atoms with Gasteiger partial charge >= 0.3 is 0 Å². The third-order valence-electron chi connectivity index (χ3n) is 5.39. The molecule has 130 valence electrons. The summed E-state index contributed by atoms with van der Waals surface area (Å²) >= 11 is 1.68. The minimum absolute atomic E-state index is 0.0170. The molecule has 1 aliphatic heterocycles. The van der Waals surface area contributed by atoms with E-state index in [4.69, 9.17) is 0 Å². The van der Waals surface area contributed by atoms with Gasteiger partial charge in [0.15, 0.2) is 0 Å². The van der Waals surface area contributed by atoms with Gasteiger partial charge in [-0.3, -0.25) is 9.59 Å². The highest BCUT2D eigenvalue weighted by Gasteiger charge is 2.47. The summed E-state index contributed by atoms with van der Waals surface area (Å²) in [7, 11) is 0. The molecule has 1 aliphatic carbocycles. The quantitative estimate of drug-likeness (QED) is 0.851. The molecule has 0 saturated heterocycles. The molecule has 2 aliphatic rings. The van der Waals surface area contributed by atoms with Crippen molar-refractivity contribution < 1.29 is 9.59 Å². The van der Waals surface area contributed by atoms with Gasteiger partial charge in [0.1, 0.15) is 0 Å². The summed E-state index contributed by atoms with van der Waals surface area (Å²) in [5.41, 5.74) is 2.37. The van der Waals surface area contributed by atoms with Gasteiger partial charge in [-0.25, -0.2) is 0 Å². The Morgan fingerprint density at radius 3 is 2.80 bits per heavy atom. The van der Waals surface area contributed by atoms with Crippen LogP contribution in [0, 0.1) is 0 Å². The maximum Gasteiger partial charge on any atom is 0.235 e. The maximum absolute atomic E-state index is 12.6. The number of benzene rings is 1. The molecule has 1 fully saturated rings. The van der Waals surface area contributed by atoms with Crippen LogP contribution in [-0.4, -0.2) is 11.8 Å². The van der Waals surface area contributed by atoms with E-state index in [2.05, 4.69) is 16.7 Å². The lowest BCUT2D eigenvalue weighted by Gasteiger charge is -2.31. The van der Waals surface area contributed by atoms with Crippen LogP contribution in [0.3, 0.4) is 0 Å². The molecular formula is C20H22N2O2S. The molecule has 4 nitrogen and oxygen atoms in total. The van der Waals surface area contributed by atoms with Gasteiger partial charge in [-0.15, -0.1) is 11.3 Å². The second kappa shape index (κ2) is 6.64. The Morgan fingerprint density at radius 2 is 2.04 bits per heavy atom. The van der Waals surface area contributed by atoms with Crippen LogP contribution in [0.5, 0.6) is 0 Å². The van der Waals surface area contributed by atoms with Crippen molar-refractivity contribution in [2.45, 2.75) is 50.4 Å². The molecule has 2 heterocycles. The molecule has 1 saturated carbocycles. The summed E-state index contributed by atoms with van der Waals surface area (Å²) in [6.45, 7) is 0. The minimum atomic E-state index is -0.384. The lowest BCUT2D eigenvalue weighted by molar-refractivity contribution is -0.122. The average molecular weight is 354 g/mol. The van der Waals surface area contributed by atoms with Crippen LogP contribution >= 0.6 is 11.3 Å². The highest BCUT2D eigenvalue weighted by molar-refractivity contribution is 7.09. The van der Waals surface area contributed by atoms with Crippen LogP contribution in [0.4, 0.5) is 11.4 Å². The van der Waals surface area contributed by atoms with Gasteiger partial charge in [0, 0.05) is 22.7 Å². The number of hydrogen-bond donors (Lipinski definition) is 2. The summed E-state index contributed by atoms with van der Waals surface area (Å²) in [6, 6.07) is 9.86. The van der Waals surface area contributed by atoms with Crippen molar-refractivity contribution in [2.75, 3.05) is 10.6 Å². The first-order valence-corrected chi connectivity index (χ1v) is 9.84. The number of nitrogens with one attached hydrogen (secondary N) is 2. The fourth-order valence-electron chi connectivity index (χ4n) is 4.06. The Morgan fingerprint density at radius 1 is 1.20 bits per heavy atom. The summed E-state index contributed by atoms with van der Waals surface area (Å²) in [5, 5.41) is 8.06. The molecule has 0 unspecified atom stereocenters. The van der Waals surface area contributed by atoms with Gasteiger partial charge in [0.25, 0.3) is 0 Å². The fraction of sp³-hybridized carbons (Fsp3) is 0.400. The van der Waals surface area contributed by atoms with Gasteiger partial charge in [-0.05, 0) is 54.5 Å². The van der Waals surface area contributed by atoms with Crippen LogP contribution in [0.25, 0.3) is 0 Å². The first kappa shape index (κ1) is 16.3. The monoisotopic (exact) mass is 354 g/mol. The summed E-state index contributed by atoms with van der Waals surface area (Å²) in [6.07, 6.45) is 6.42. The van der Waals surface area contributed by atoms with Crippen molar-refractivity contribution >= 4 is 34.5 Å². The van der Waals surface area contributed by atoms with Gasteiger partial charge in [0.05, 0.1) is 5.41 Å². The lowest BCUT2D eigenvalue weighted by atomic mass is 9.70. The number of rotatable bonds is 4. The molecule has 0 bridgehead atoms. The Balaban J connectivity index is 1.49. The molecule has 1 aromatic heterocycles. The summed E-state index contributed by atoms with van der Waals surface area (Å²) < 4.78 is 0. The highest BCUT2D eigenvalue weighted by Crippen LogP contribution is 2.48. The topological polar surface area (TPSA) is 58.2 Å². The molecule has 0 atom stereocenters. The molecule has 1 spiro atoms. The largest absolute Gasteiger partial charge is 0.326 e. The average Bonchev–Trinajstić information content (AvgIpc) is 3.23. The minimum Gasteiger partial charge on any atom is -0.326 e. The third kappa shape index (κ3) is 3.09. The van der Waals surface area contributed by atoms with Crippen molar-refractivity contribution in [3.05, 3.63) is 46.2 Å². The second-order valence-electron chi connectivity index (χ2n) is 6.98. The first-order valence-electron chi connectivity index (χ1n) is 8.96. The van der Waals surface area contributed by atoms with E-state index in [-0.39, 0.29) is 17.2 Å². The Hall–Kier alpha value is -2.14. The van der Waals surface area contributed by atoms with Gasteiger partial charge in [0.2, 0.25) is 11.8 Å². The molecule has 2 N–H and O–H groups in total. The smallest absolute Gasteiger partial charge is 0.235 e. The van der Waals surface area contributed by atoms with E-state index < -0.39 is 0 Å². The van der Waals surface area contributed by atoms with Crippen molar-refractivity contribution in [1.82, 2.24) is 0 Å². The maximum atomic E-state index is 12.6. The third-order valence-corrected chi connectivity index (χ3v) is 6.32. The van der Waals surface area contributed by atoms with Crippen LogP contribution in [0.2, 0.25) is 0 Å². The van der Waals surface area contributed by atoms with E-state index in [0.29, 0.717) is 6.42 Å². The second-order valence-corrected chi connectivity index (χ2v) is 8.02. The summed E-state index contributed by atoms with van der Waals surface area (Å²) in [4.78, 5) is 26.1. The number of thiophene rings is 1. The van der Waals surface area contributed by atoms with E-state index in [1.807, 2.05) is 29.6 Å². The van der Waals surface area contributed by atoms with E-state index >= 15 is 0 Å². The zero-order valence-corrected chi connectivity index (χ0v) is 15.0. The molecule has 4 rings (SSSR count). The molecule has 2 aromatic rings. The van der Waals surface area contributed by atoms with E-state index in [9.17, 15) is 9.59 Å². The number of carbonyl (C=O) groups excluding carboxylic acids is 2. The first-order chi connectivity index (χ1) is 12.2. The van der Waals surface area contributed by atoms with Crippen molar-refractivity contribution in [3.8, 4) is 0 Å². The number of hydrogen-bond acceptors (Lipinski definition) is 3. The van der Waals surface area contributed by atoms with Crippen molar-refractivity contribution in [3.63, 3.8) is 0 Å². The zero-order chi connectivity index (χ0) is 17.3. The zero-order valence-electron chi connectivity index (χ0n) is 14.1. The van der Waals surface area contributed by atoms with Crippen LogP contribution < -0.4 is 10.6 Å². The molecule has 1 aromatic carbocycles. The molecule has 25 heavy (non-hydrogen) atoms. The highest BCUT2D eigenvalue weighted by atomic mass is 32.1. The van der Waals surface area contributed by atoms with E-state index in [1.54, 1.807) is 11.3 Å². The van der Waals surface area contributed by atoms with Crippen LogP contribution in [-0.2, 0) is 21.4 Å². The number of amides is 2. The standard InChI is InChI=1S/C20H22N2O2S/c23-18(9-7-15-5-4-12-25-15)21-14-6-8-17-16(13-14)20(19(24)22-17)10-2-1-3-11-20/h4-6,8,12-13H,1-3,7,9-11H2,(H,21,23)(H,22,24). The fourth-order valence-corrected chi connectivity index (χ4v) is 4.77. The van der Waals surface area contributed by atoms with E-state index in [0.717, 1.165) is 49.0 Å². The van der Waals surface area contributed by atoms with Crippen LogP contribution in [0.15, 0.2) is 35.7 Å². The number of carbonyl (C=O) groups is 2. The van der Waals surface area contributed by atoms with Crippen molar-refractivity contribution in [1.29, 1.82) is 0 Å². The summed E-state index contributed by atoms with van der Waals surface area (Å²) in [5.74, 6) is 0.145. The SMILES string of the molecule is O=C(CCc1cccs1)Nc1ccc2c(c1)C1(CCCCC1)C(=O)N2. The van der Waals surface area contributed by atoms with Crippen LogP contribution in [0.1, 0.15) is 49.0 Å². The predicted molar refractivity (Wildman–Crippen MR) is 101 cm³/mol. The van der Waals surface area contributed by atoms with E-state index in [1.165, 1.54) is 11.3 Å². The number of fused-ring (bicyclic) bond motifs is 2. The normalized spacial score (nSPS) is 18.0. The molecular weight excluding hydrogens is 332 g/mol. The molecule has 5 heteroatoms. The lowest BCUT2D eigenvalue weighted by Crippen LogP contribution is -2.36. The Kier molecular flexibility index (Phi) is 4.34. The number of aryl methyl sites for hydroxylation is 1. The molecule has 0 radical (unpaired) electrons. The van der Waals surface area contributed by atoms with Gasteiger partial charge < -0.3 is 10.6 Å². The number of anilines is 2. The predicted octanol–water partition coefficient (Wildman–Crippen LogP) is 4.47.